The number of nitrogens with one attached hydrogen (secondary N) is 2. The first kappa shape index (κ1) is 25.6. The van der Waals surface area contributed by atoms with Crippen LogP contribution in [0.1, 0.15) is 35.9 Å². The number of benzene rings is 1. The smallest absolute Gasteiger partial charge is 0.434 e. The summed E-state index contributed by atoms with van der Waals surface area (Å²) in [5.74, 6) is -2.14. The third-order valence-electron chi connectivity index (χ3n) is 5.67. The Bertz CT molecular complexity index is 1740. The Morgan fingerprint density at radius 1 is 1.10 bits per heavy atom. The van der Waals surface area contributed by atoms with E-state index in [1.54, 1.807) is 13.8 Å². The fraction of sp³-hybridized carbons (Fsp3) is 0.160. The zero-order chi connectivity index (χ0) is 27.9. The molecule has 0 unspecified atom stereocenters. The highest BCUT2D eigenvalue weighted by Crippen LogP contribution is 2.35. The van der Waals surface area contributed by atoms with E-state index in [2.05, 4.69) is 25.4 Å². The molecule has 0 radical (unpaired) electrons. The van der Waals surface area contributed by atoms with Crippen LogP contribution in [0, 0.1) is 5.82 Å². The normalized spacial score (nSPS) is 11.8. The summed E-state index contributed by atoms with van der Waals surface area (Å²) >= 11 is 0. The van der Waals surface area contributed by atoms with E-state index in [0.29, 0.717) is 10.2 Å². The second-order valence-corrected chi connectivity index (χ2v) is 8.63. The van der Waals surface area contributed by atoms with Crippen LogP contribution in [-0.2, 0) is 6.18 Å². The molecule has 5 rings (SSSR count). The number of amides is 1. The third-order valence-corrected chi connectivity index (χ3v) is 5.67. The molecule has 0 fully saturated rings. The van der Waals surface area contributed by atoms with Gasteiger partial charge in [-0.05, 0) is 38.1 Å². The van der Waals surface area contributed by atoms with Crippen LogP contribution in [0.15, 0.2) is 66.0 Å². The van der Waals surface area contributed by atoms with Crippen molar-refractivity contribution < 1.29 is 27.1 Å². The number of rotatable bonds is 6. The SMILES string of the molecule is CC(C)n1c(=O)[nH]c2nccc(Oc3ccc(NC(=O)c4cnn(-c5cccnc5)c4C(F)(F)F)cc3F)c21. The molecule has 2 N–H and O–H groups in total. The van der Waals surface area contributed by atoms with Crippen molar-refractivity contribution in [2.75, 3.05) is 5.32 Å². The molecule has 0 saturated heterocycles. The van der Waals surface area contributed by atoms with E-state index in [1.165, 1.54) is 53.5 Å². The van der Waals surface area contributed by atoms with Gasteiger partial charge in [-0.3, -0.25) is 19.3 Å². The van der Waals surface area contributed by atoms with Gasteiger partial charge in [0, 0.05) is 36.3 Å². The predicted octanol–water partition coefficient (Wildman–Crippen LogP) is 5.09. The Kier molecular flexibility index (Phi) is 6.38. The number of aromatic amines is 1. The summed E-state index contributed by atoms with van der Waals surface area (Å²) < 4.78 is 64.3. The molecular formula is C25H19F4N7O3. The summed E-state index contributed by atoms with van der Waals surface area (Å²) in [6.07, 6.45) is -0.211. The first-order chi connectivity index (χ1) is 18.5. The van der Waals surface area contributed by atoms with Gasteiger partial charge in [-0.1, -0.05) is 0 Å². The lowest BCUT2D eigenvalue weighted by Crippen LogP contribution is -2.20. The molecule has 0 bridgehead atoms. The molecule has 0 saturated carbocycles. The van der Waals surface area contributed by atoms with Gasteiger partial charge < -0.3 is 10.1 Å². The van der Waals surface area contributed by atoms with Gasteiger partial charge in [0.2, 0.25) is 0 Å². The molecule has 0 aliphatic heterocycles. The summed E-state index contributed by atoms with van der Waals surface area (Å²) in [4.78, 5) is 35.6. The van der Waals surface area contributed by atoms with E-state index in [1.807, 2.05) is 0 Å². The first-order valence-electron chi connectivity index (χ1n) is 11.5. The Morgan fingerprint density at radius 3 is 2.56 bits per heavy atom. The molecular weight excluding hydrogens is 522 g/mol. The molecule has 14 heteroatoms. The Labute approximate surface area is 216 Å². The van der Waals surface area contributed by atoms with Gasteiger partial charge in [-0.15, -0.1) is 0 Å². The number of halogens is 4. The van der Waals surface area contributed by atoms with E-state index in [-0.39, 0.29) is 34.6 Å². The van der Waals surface area contributed by atoms with Crippen molar-refractivity contribution in [2.45, 2.75) is 26.1 Å². The largest absolute Gasteiger partial charge is 0.452 e. The topological polar surface area (TPSA) is 120 Å². The number of H-pyrrole nitrogens is 1. The average Bonchev–Trinajstić information content (AvgIpc) is 3.48. The lowest BCUT2D eigenvalue weighted by Gasteiger charge is -2.14. The Hall–Kier alpha value is -5.01. The van der Waals surface area contributed by atoms with E-state index < -0.39 is 34.8 Å². The number of carbonyl (C=O) groups excluding carboxylic acids is 1. The highest BCUT2D eigenvalue weighted by molar-refractivity contribution is 6.05. The number of anilines is 1. The molecule has 4 heterocycles. The number of hydrogen-bond acceptors (Lipinski definition) is 6. The van der Waals surface area contributed by atoms with Crippen LogP contribution < -0.4 is 15.7 Å². The Balaban J connectivity index is 1.43. The van der Waals surface area contributed by atoms with E-state index >= 15 is 0 Å². The number of alkyl halides is 3. The Morgan fingerprint density at radius 2 is 1.90 bits per heavy atom. The number of carbonyl (C=O) groups is 1. The fourth-order valence-corrected chi connectivity index (χ4v) is 4.04. The van der Waals surface area contributed by atoms with Crippen LogP contribution in [0.5, 0.6) is 11.5 Å². The maximum Gasteiger partial charge on any atom is 0.434 e. The third kappa shape index (κ3) is 4.83. The number of pyridine rings is 2. The summed E-state index contributed by atoms with van der Waals surface area (Å²) in [7, 11) is 0. The predicted molar refractivity (Wildman–Crippen MR) is 132 cm³/mol. The lowest BCUT2D eigenvalue weighted by molar-refractivity contribution is -0.143. The molecule has 200 valence electrons. The molecule has 0 aliphatic rings. The molecule has 4 aromatic heterocycles. The van der Waals surface area contributed by atoms with Crippen LogP contribution in [0.2, 0.25) is 0 Å². The van der Waals surface area contributed by atoms with Crippen LogP contribution in [0.3, 0.4) is 0 Å². The minimum Gasteiger partial charge on any atom is -0.452 e. The van der Waals surface area contributed by atoms with Gasteiger partial charge in [0.05, 0.1) is 23.6 Å². The van der Waals surface area contributed by atoms with Gasteiger partial charge in [0.25, 0.3) is 5.91 Å². The second-order valence-electron chi connectivity index (χ2n) is 8.63. The zero-order valence-electron chi connectivity index (χ0n) is 20.3. The van der Waals surface area contributed by atoms with Crippen LogP contribution in [0.4, 0.5) is 23.2 Å². The van der Waals surface area contributed by atoms with Crippen molar-refractivity contribution in [1.29, 1.82) is 0 Å². The summed E-state index contributed by atoms with van der Waals surface area (Å²) in [5, 5.41) is 5.97. The van der Waals surface area contributed by atoms with Crippen molar-refractivity contribution >= 4 is 22.8 Å². The highest BCUT2D eigenvalue weighted by Gasteiger charge is 2.40. The number of imidazole rings is 1. The monoisotopic (exact) mass is 541 g/mol. The second kappa shape index (κ2) is 9.70. The maximum absolute atomic E-state index is 15.0. The number of nitrogens with zero attached hydrogens (tertiary/aromatic N) is 5. The van der Waals surface area contributed by atoms with Crippen LogP contribution in [0.25, 0.3) is 16.9 Å². The first-order valence-corrected chi connectivity index (χ1v) is 11.5. The zero-order valence-corrected chi connectivity index (χ0v) is 20.3. The fourth-order valence-electron chi connectivity index (χ4n) is 4.04. The van der Waals surface area contributed by atoms with Gasteiger partial charge in [0.15, 0.2) is 28.7 Å². The van der Waals surface area contributed by atoms with Crippen molar-refractivity contribution in [1.82, 2.24) is 29.3 Å². The van der Waals surface area contributed by atoms with Crippen molar-refractivity contribution in [3.63, 3.8) is 0 Å². The molecule has 10 nitrogen and oxygen atoms in total. The number of hydrogen-bond donors (Lipinski definition) is 2. The summed E-state index contributed by atoms with van der Waals surface area (Å²) in [6.45, 7) is 3.57. The van der Waals surface area contributed by atoms with Crippen LogP contribution in [-0.4, -0.2) is 35.2 Å². The van der Waals surface area contributed by atoms with E-state index in [9.17, 15) is 27.2 Å². The van der Waals surface area contributed by atoms with Crippen molar-refractivity contribution in [2.24, 2.45) is 0 Å². The number of aromatic nitrogens is 6. The molecule has 1 aromatic carbocycles. The van der Waals surface area contributed by atoms with Crippen LogP contribution >= 0.6 is 0 Å². The molecule has 39 heavy (non-hydrogen) atoms. The molecule has 0 atom stereocenters. The molecule has 5 aromatic rings. The van der Waals surface area contributed by atoms with Crippen molar-refractivity contribution in [3.8, 4) is 17.2 Å². The number of ether oxygens (including phenoxy) is 1. The number of fused-ring (bicyclic) bond motifs is 1. The van der Waals surface area contributed by atoms with Gasteiger partial charge in [-0.25, -0.2) is 18.9 Å². The standard InChI is InChI=1S/C25H19F4N7O3/c1-13(2)35-20-19(7-9-31-22(20)34-24(35)38)39-18-6-5-14(10-17(18)26)33-23(37)16-12-32-36(21(16)25(27,28)29)15-4-3-8-30-11-15/h3-13H,1-2H3,(H,33,37)(H,31,34,38). The minimum absolute atomic E-state index is 0.00644. The van der Waals surface area contributed by atoms with Crippen molar-refractivity contribution in [3.05, 3.63) is 88.7 Å². The highest BCUT2D eigenvalue weighted by atomic mass is 19.4. The summed E-state index contributed by atoms with van der Waals surface area (Å²) in [6, 6.07) is 7.36. The van der Waals surface area contributed by atoms with Gasteiger partial charge in [-0.2, -0.15) is 18.3 Å². The van der Waals surface area contributed by atoms with E-state index in [0.717, 1.165) is 12.3 Å². The average molecular weight is 541 g/mol. The van der Waals surface area contributed by atoms with Gasteiger partial charge in [0.1, 0.15) is 5.52 Å². The molecule has 0 aliphatic carbocycles. The van der Waals surface area contributed by atoms with E-state index in [4.69, 9.17) is 4.74 Å². The maximum atomic E-state index is 15.0. The summed E-state index contributed by atoms with van der Waals surface area (Å²) in [5.41, 5.74) is -2.00. The lowest BCUT2D eigenvalue weighted by atomic mass is 10.2. The van der Waals surface area contributed by atoms with Gasteiger partial charge >= 0.3 is 11.9 Å². The molecule has 0 spiro atoms. The molecule has 1 amide bonds. The minimum atomic E-state index is -4.92. The quantitative estimate of drug-likeness (QED) is 0.289.